The number of hydrogen-bond acceptors (Lipinski definition) is 3. The molecule has 0 atom stereocenters. The molecule has 0 aromatic carbocycles. The van der Waals surface area contributed by atoms with E-state index in [4.69, 9.17) is 10.2 Å². The van der Waals surface area contributed by atoms with E-state index in [9.17, 15) is 0 Å². The van der Waals surface area contributed by atoms with Gasteiger partial charge in [-0.3, -0.25) is 0 Å². The molecular formula is C12H17N3O. The van der Waals surface area contributed by atoms with E-state index in [-0.39, 0.29) is 0 Å². The van der Waals surface area contributed by atoms with E-state index >= 15 is 0 Å². The number of hydrogen-bond donors (Lipinski definition) is 2. The van der Waals surface area contributed by atoms with E-state index in [0.717, 1.165) is 49.3 Å². The second-order valence-corrected chi connectivity index (χ2v) is 3.85. The second kappa shape index (κ2) is 5.51. The fraction of sp³-hybridized carbons (Fsp3) is 0.417. The third-order valence-electron chi connectivity index (χ3n) is 2.58. The Morgan fingerprint density at radius 3 is 3.00 bits per heavy atom. The van der Waals surface area contributed by atoms with Crippen LogP contribution in [0.15, 0.2) is 29.2 Å². The first-order valence-corrected chi connectivity index (χ1v) is 5.66. The van der Waals surface area contributed by atoms with Crippen LogP contribution in [0.3, 0.4) is 0 Å². The van der Waals surface area contributed by atoms with Gasteiger partial charge in [-0.15, -0.1) is 0 Å². The van der Waals surface area contributed by atoms with Crippen LogP contribution in [0.25, 0.3) is 11.3 Å². The number of aromatic amines is 1. The van der Waals surface area contributed by atoms with Crippen LogP contribution < -0.4 is 5.73 Å². The molecule has 4 heteroatoms. The summed E-state index contributed by atoms with van der Waals surface area (Å²) in [6, 6.07) is 1.92. The first kappa shape index (κ1) is 11.0. The highest BCUT2D eigenvalue weighted by Crippen LogP contribution is 2.17. The standard InChI is InChI=1S/C12H17N3O/c13-6-3-1-2-4-12-14-8-11(15-12)10-5-7-16-9-10/h5,7-9H,1-4,6,13H2,(H,14,15). The van der Waals surface area contributed by atoms with Crippen LogP contribution in [0.2, 0.25) is 0 Å². The van der Waals surface area contributed by atoms with Crippen LogP contribution in [0.5, 0.6) is 0 Å². The predicted molar refractivity (Wildman–Crippen MR) is 62.9 cm³/mol. The quantitative estimate of drug-likeness (QED) is 0.733. The van der Waals surface area contributed by atoms with Gasteiger partial charge in [0.15, 0.2) is 0 Å². The van der Waals surface area contributed by atoms with E-state index in [1.54, 1.807) is 12.5 Å². The summed E-state index contributed by atoms with van der Waals surface area (Å²) in [7, 11) is 0. The Morgan fingerprint density at radius 2 is 2.25 bits per heavy atom. The smallest absolute Gasteiger partial charge is 0.106 e. The zero-order valence-corrected chi connectivity index (χ0v) is 9.28. The predicted octanol–water partition coefficient (Wildman–Crippen LogP) is 2.34. The van der Waals surface area contributed by atoms with Crippen LogP contribution in [0.1, 0.15) is 25.1 Å². The number of imidazole rings is 1. The minimum absolute atomic E-state index is 0.776. The topological polar surface area (TPSA) is 67.8 Å². The number of aromatic nitrogens is 2. The molecule has 0 unspecified atom stereocenters. The maximum absolute atomic E-state index is 5.44. The van der Waals surface area contributed by atoms with E-state index < -0.39 is 0 Å². The van der Waals surface area contributed by atoms with Gasteiger partial charge in [0.1, 0.15) is 5.82 Å². The number of H-pyrrole nitrogens is 1. The lowest BCUT2D eigenvalue weighted by Gasteiger charge is -1.96. The van der Waals surface area contributed by atoms with Crippen molar-refractivity contribution < 1.29 is 4.42 Å². The van der Waals surface area contributed by atoms with Crippen molar-refractivity contribution in [3.05, 3.63) is 30.6 Å². The highest BCUT2D eigenvalue weighted by molar-refractivity contribution is 5.56. The number of nitrogens with two attached hydrogens (primary N) is 1. The van der Waals surface area contributed by atoms with Crippen molar-refractivity contribution in [3.63, 3.8) is 0 Å². The van der Waals surface area contributed by atoms with Crippen LogP contribution in [0.4, 0.5) is 0 Å². The highest BCUT2D eigenvalue weighted by atomic mass is 16.3. The van der Waals surface area contributed by atoms with Crippen molar-refractivity contribution in [2.45, 2.75) is 25.7 Å². The Hall–Kier alpha value is -1.55. The summed E-state index contributed by atoms with van der Waals surface area (Å²) in [4.78, 5) is 7.63. The summed E-state index contributed by atoms with van der Waals surface area (Å²) in [6.07, 6.45) is 9.60. The van der Waals surface area contributed by atoms with Crippen molar-refractivity contribution in [1.82, 2.24) is 9.97 Å². The minimum atomic E-state index is 0.776. The maximum atomic E-state index is 5.44. The third kappa shape index (κ3) is 2.73. The van der Waals surface area contributed by atoms with Gasteiger partial charge in [0.2, 0.25) is 0 Å². The molecule has 0 radical (unpaired) electrons. The van der Waals surface area contributed by atoms with Crippen LogP contribution in [-0.2, 0) is 6.42 Å². The fourth-order valence-corrected chi connectivity index (χ4v) is 1.67. The Kier molecular flexibility index (Phi) is 3.77. The summed E-state index contributed by atoms with van der Waals surface area (Å²) in [5, 5.41) is 0. The summed E-state index contributed by atoms with van der Waals surface area (Å²) >= 11 is 0. The van der Waals surface area contributed by atoms with Crippen molar-refractivity contribution in [1.29, 1.82) is 0 Å². The highest BCUT2D eigenvalue weighted by Gasteiger charge is 2.03. The summed E-state index contributed by atoms with van der Waals surface area (Å²) < 4.78 is 5.03. The average Bonchev–Trinajstić information content (AvgIpc) is 2.94. The zero-order valence-electron chi connectivity index (χ0n) is 9.28. The Labute approximate surface area is 94.9 Å². The molecule has 0 amide bonds. The summed E-state index contributed by atoms with van der Waals surface area (Å²) in [6.45, 7) is 0.776. The molecule has 3 N–H and O–H groups in total. The molecule has 0 spiro atoms. The number of furan rings is 1. The lowest BCUT2D eigenvalue weighted by atomic mass is 10.2. The monoisotopic (exact) mass is 219 g/mol. The van der Waals surface area contributed by atoms with Crippen molar-refractivity contribution in [3.8, 4) is 11.3 Å². The molecule has 0 aliphatic rings. The molecule has 0 aliphatic carbocycles. The Bertz CT molecular complexity index is 406. The molecule has 2 aromatic rings. The zero-order chi connectivity index (χ0) is 11.2. The molecule has 2 rings (SSSR count). The largest absolute Gasteiger partial charge is 0.472 e. The number of aryl methyl sites for hydroxylation is 1. The third-order valence-corrected chi connectivity index (χ3v) is 2.58. The van der Waals surface area contributed by atoms with Crippen molar-refractivity contribution in [2.24, 2.45) is 5.73 Å². The molecule has 16 heavy (non-hydrogen) atoms. The van der Waals surface area contributed by atoms with Gasteiger partial charge in [0.25, 0.3) is 0 Å². The van der Waals surface area contributed by atoms with Crippen LogP contribution >= 0.6 is 0 Å². The minimum Gasteiger partial charge on any atom is -0.472 e. The van der Waals surface area contributed by atoms with Crippen LogP contribution in [-0.4, -0.2) is 16.5 Å². The maximum Gasteiger partial charge on any atom is 0.106 e. The van der Waals surface area contributed by atoms with Gasteiger partial charge in [-0.25, -0.2) is 4.98 Å². The number of nitrogens with zero attached hydrogens (tertiary/aromatic N) is 1. The molecule has 4 nitrogen and oxygen atoms in total. The molecule has 2 heterocycles. The normalized spacial score (nSPS) is 10.8. The van der Waals surface area contributed by atoms with Crippen LogP contribution in [0, 0.1) is 0 Å². The first-order chi connectivity index (χ1) is 7.90. The van der Waals surface area contributed by atoms with Gasteiger partial charge in [0, 0.05) is 12.0 Å². The van der Waals surface area contributed by atoms with Gasteiger partial charge < -0.3 is 15.1 Å². The van der Waals surface area contributed by atoms with Gasteiger partial charge in [0.05, 0.1) is 24.4 Å². The van der Waals surface area contributed by atoms with E-state index in [0.29, 0.717) is 0 Å². The van der Waals surface area contributed by atoms with Gasteiger partial charge in [-0.05, 0) is 25.5 Å². The lowest BCUT2D eigenvalue weighted by Crippen LogP contribution is -1.98. The molecule has 0 aliphatic heterocycles. The average molecular weight is 219 g/mol. The molecule has 2 aromatic heterocycles. The van der Waals surface area contributed by atoms with Gasteiger partial charge >= 0.3 is 0 Å². The van der Waals surface area contributed by atoms with E-state index in [1.165, 1.54) is 0 Å². The first-order valence-electron chi connectivity index (χ1n) is 5.66. The second-order valence-electron chi connectivity index (χ2n) is 3.85. The SMILES string of the molecule is NCCCCCc1ncc(-c2ccoc2)[nH]1. The molecule has 0 bridgehead atoms. The van der Waals surface area contributed by atoms with E-state index in [1.807, 2.05) is 12.3 Å². The lowest BCUT2D eigenvalue weighted by molar-refractivity contribution is 0.568. The molecule has 86 valence electrons. The number of rotatable bonds is 6. The summed E-state index contributed by atoms with van der Waals surface area (Å²) in [5.74, 6) is 1.04. The molecular weight excluding hydrogens is 202 g/mol. The number of nitrogens with one attached hydrogen (secondary N) is 1. The van der Waals surface area contributed by atoms with Gasteiger partial charge in [-0.1, -0.05) is 6.42 Å². The molecule has 0 saturated heterocycles. The molecule has 0 saturated carbocycles. The Balaban J connectivity index is 1.88. The van der Waals surface area contributed by atoms with Crippen molar-refractivity contribution >= 4 is 0 Å². The molecule has 0 fully saturated rings. The summed E-state index contributed by atoms with van der Waals surface area (Å²) in [5.41, 5.74) is 7.50. The van der Waals surface area contributed by atoms with Crippen molar-refractivity contribution in [2.75, 3.05) is 6.54 Å². The van der Waals surface area contributed by atoms with E-state index in [2.05, 4.69) is 9.97 Å². The number of unbranched alkanes of at least 4 members (excludes halogenated alkanes) is 2. The fourth-order valence-electron chi connectivity index (χ4n) is 1.67. The Morgan fingerprint density at radius 1 is 1.31 bits per heavy atom. The van der Waals surface area contributed by atoms with Gasteiger partial charge in [-0.2, -0.15) is 0 Å².